The number of benzene rings is 1. The summed E-state index contributed by atoms with van der Waals surface area (Å²) >= 11 is 1.44. The molecule has 3 rings (SSSR count). The van der Waals surface area contributed by atoms with Crippen molar-refractivity contribution in [1.29, 1.82) is 0 Å². The van der Waals surface area contributed by atoms with Crippen LogP contribution in [0.2, 0.25) is 0 Å². The zero-order valence-corrected chi connectivity index (χ0v) is 9.38. The molecule has 2 nitrogen and oxygen atoms in total. The maximum atomic E-state index is 11.9. The largest absolute Gasteiger partial charge is 0.290 e. The lowest BCUT2D eigenvalue weighted by atomic mass is 9.92. The molecule has 1 atom stereocenters. The van der Waals surface area contributed by atoms with Crippen LogP contribution in [0.25, 0.3) is 11.0 Å². The van der Waals surface area contributed by atoms with Crippen molar-refractivity contribution >= 4 is 28.7 Å². The third-order valence-electron chi connectivity index (χ3n) is 2.83. The zero-order chi connectivity index (χ0) is 11.0. The summed E-state index contributed by atoms with van der Waals surface area (Å²) < 4.78 is 3.26. The molecule has 0 saturated carbocycles. The number of nitrogens with one attached hydrogen (secondary N) is 1. The first-order valence-corrected chi connectivity index (χ1v) is 6.02. The summed E-state index contributed by atoms with van der Waals surface area (Å²) in [6.07, 6.45) is 4.46. The predicted molar refractivity (Wildman–Crippen MR) is 65.8 cm³/mol. The van der Waals surface area contributed by atoms with E-state index in [2.05, 4.69) is 10.1 Å². The fourth-order valence-electron chi connectivity index (χ4n) is 2.08. The van der Waals surface area contributed by atoms with Gasteiger partial charge in [-0.2, -0.15) is 0 Å². The number of carbonyl (C=O) groups excluding carboxylic acids is 1. The molecule has 1 aromatic rings. The Kier molecular flexibility index (Phi) is 2.42. The first-order chi connectivity index (χ1) is 7.86. The van der Waals surface area contributed by atoms with Crippen LogP contribution in [0.1, 0.15) is 6.42 Å². The highest BCUT2D eigenvalue weighted by Crippen LogP contribution is 2.18. The van der Waals surface area contributed by atoms with Gasteiger partial charge in [0.2, 0.25) is 0 Å². The summed E-state index contributed by atoms with van der Waals surface area (Å²) in [5, 5.41) is 5.22. The average Bonchev–Trinajstić information content (AvgIpc) is 2.49. The Morgan fingerprint density at radius 3 is 3.19 bits per heavy atom. The van der Waals surface area contributed by atoms with Gasteiger partial charge in [0.25, 0.3) is 0 Å². The van der Waals surface area contributed by atoms with Gasteiger partial charge in [-0.25, -0.2) is 0 Å². The van der Waals surface area contributed by atoms with E-state index in [0.29, 0.717) is 0 Å². The van der Waals surface area contributed by atoms with E-state index >= 15 is 0 Å². The molecule has 0 aromatic heterocycles. The van der Waals surface area contributed by atoms with E-state index in [-0.39, 0.29) is 11.8 Å². The summed E-state index contributed by atoms with van der Waals surface area (Å²) in [5.74, 6) is 0.112. The number of fused-ring (bicyclic) bond motifs is 2. The van der Waals surface area contributed by atoms with E-state index in [1.54, 1.807) is 6.08 Å². The van der Waals surface area contributed by atoms with Gasteiger partial charge in [-0.1, -0.05) is 30.3 Å². The topological polar surface area (TPSA) is 29.1 Å². The molecule has 1 N–H and O–H groups in total. The van der Waals surface area contributed by atoms with Crippen LogP contribution in [0.4, 0.5) is 0 Å². The molecule has 16 heavy (non-hydrogen) atoms. The lowest BCUT2D eigenvalue weighted by Gasteiger charge is -2.19. The molecule has 79 valence electrons. The van der Waals surface area contributed by atoms with Crippen molar-refractivity contribution in [2.75, 3.05) is 0 Å². The monoisotopic (exact) mass is 228 g/mol. The number of carbonyl (C=O) groups is 1. The quantitative estimate of drug-likeness (QED) is 0.659. The summed E-state index contributed by atoms with van der Waals surface area (Å²) in [4.78, 5) is 11.9. The number of allylic oxidation sites excluding steroid dienone is 1. The number of ketones is 1. The minimum Gasteiger partial charge on any atom is -0.290 e. The minimum atomic E-state index is 0.110. The Labute approximate surface area is 97.9 Å². The maximum absolute atomic E-state index is 11.9. The van der Waals surface area contributed by atoms with Crippen molar-refractivity contribution in [1.82, 2.24) is 4.72 Å². The second kappa shape index (κ2) is 3.92. The van der Waals surface area contributed by atoms with E-state index in [4.69, 9.17) is 0 Å². The number of hydrogen-bond acceptors (Lipinski definition) is 3. The van der Waals surface area contributed by atoms with Crippen LogP contribution in [0, 0.1) is 0 Å². The van der Waals surface area contributed by atoms with Crippen molar-refractivity contribution in [2.45, 2.75) is 12.5 Å². The Morgan fingerprint density at radius 1 is 1.38 bits per heavy atom. The standard InChI is InChI=1S/C13H10NOS/c15-12-7-3-6-11-13(12)10-5-2-1-4-9(10)8-16-14-11/h1-5,7,11,14H,6H2. The highest BCUT2D eigenvalue weighted by Gasteiger charge is 2.23. The molecule has 0 bridgehead atoms. The van der Waals surface area contributed by atoms with Gasteiger partial charge in [-0.3, -0.25) is 9.52 Å². The van der Waals surface area contributed by atoms with Gasteiger partial charge < -0.3 is 0 Å². The molecule has 1 aliphatic carbocycles. The molecular formula is C13H10NOS. The number of hydrogen-bond donors (Lipinski definition) is 1. The van der Waals surface area contributed by atoms with Gasteiger partial charge in [-0.05, 0) is 34.9 Å². The molecule has 0 amide bonds. The van der Waals surface area contributed by atoms with Crippen LogP contribution in [-0.4, -0.2) is 11.8 Å². The molecular weight excluding hydrogens is 218 g/mol. The first kappa shape index (κ1) is 9.87. The summed E-state index contributed by atoms with van der Waals surface area (Å²) in [6.45, 7) is 0. The van der Waals surface area contributed by atoms with Crippen LogP contribution in [0.15, 0.2) is 36.4 Å². The normalized spacial score (nSPS) is 23.1. The lowest BCUT2D eigenvalue weighted by Crippen LogP contribution is -2.36. The van der Waals surface area contributed by atoms with Gasteiger partial charge >= 0.3 is 0 Å². The van der Waals surface area contributed by atoms with Gasteiger partial charge in [0, 0.05) is 11.0 Å². The summed E-state index contributed by atoms with van der Waals surface area (Å²) in [5.41, 5.74) is 0.871. The van der Waals surface area contributed by atoms with Crippen molar-refractivity contribution < 1.29 is 4.79 Å². The lowest BCUT2D eigenvalue weighted by molar-refractivity contribution is -0.110. The van der Waals surface area contributed by atoms with Gasteiger partial charge in [0.1, 0.15) is 0 Å². The average molecular weight is 228 g/mol. The molecule has 1 radical (unpaired) electrons. The van der Waals surface area contributed by atoms with Crippen LogP contribution in [0.3, 0.4) is 0 Å². The van der Waals surface area contributed by atoms with E-state index in [0.717, 1.165) is 22.4 Å². The Balaban J connectivity index is 2.40. The molecule has 1 aliphatic heterocycles. The van der Waals surface area contributed by atoms with Crippen LogP contribution in [-0.2, 0) is 4.79 Å². The van der Waals surface area contributed by atoms with Crippen molar-refractivity contribution in [3.8, 4) is 0 Å². The molecule has 1 unspecified atom stereocenters. The van der Waals surface area contributed by atoms with Crippen LogP contribution in [0.5, 0.6) is 0 Å². The van der Waals surface area contributed by atoms with Gasteiger partial charge in [0.05, 0.1) is 6.04 Å². The smallest absolute Gasteiger partial charge is 0.183 e. The third-order valence-corrected chi connectivity index (χ3v) is 3.56. The Bertz CT molecular complexity index is 588. The number of rotatable bonds is 0. The Hall–Kier alpha value is -1.32. The molecule has 1 heterocycles. The van der Waals surface area contributed by atoms with Crippen molar-refractivity contribution in [3.05, 3.63) is 46.9 Å². The SMILES string of the molecule is O=C1C=CCC2NS[C]=c3ccccc3=C12. The maximum Gasteiger partial charge on any atom is 0.183 e. The van der Waals surface area contributed by atoms with Gasteiger partial charge in [-0.15, -0.1) is 0 Å². The van der Waals surface area contributed by atoms with Crippen LogP contribution < -0.4 is 15.2 Å². The highest BCUT2D eigenvalue weighted by atomic mass is 32.2. The van der Waals surface area contributed by atoms with Crippen LogP contribution >= 0.6 is 11.9 Å². The fourth-order valence-corrected chi connectivity index (χ4v) is 2.78. The van der Waals surface area contributed by atoms with E-state index in [1.165, 1.54) is 11.9 Å². The highest BCUT2D eigenvalue weighted by molar-refractivity contribution is 8.04. The Morgan fingerprint density at radius 2 is 2.25 bits per heavy atom. The van der Waals surface area contributed by atoms with E-state index < -0.39 is 0 Å². The third kappa shape index (κ3) is 1.52. The fraction of sp³-hybridized carbons (Fsp3) is 0.154. The molecule has 3 heteroatoms. The second-order valence-corrected chi connectivity index (χ2v) is 4.48. The summed E-state index contributed by atoms with van der Waals surface area (Å²) in [6, 6.07) is 8.03. The van der Waals surface area contributed by atoms with Crippen molar-refractivity contribution in [3.63, 3.8) is 0 Å². The summed E-state index contributed by atoms with van der Waals surface area (Å²) in [7, 11) is 0. The van der Waals surface area contributed by atoms with E-state index in [9.17, 15) is 4.79 Å². The molecule has 2 aliphatic rings. The second-order valence-electron chi connectivity index (χ2n) is 3.84. The molecule has 1 aromatic carbocycles. The molecule has 0 saturated heterocycles. The predicted octanol–water partition coefficient (Wildman–Crippen LogP) is 0.601. The molecule has 0 fully saturated rings. The first-order valence-electron chi connectivity index (χ1n) is 5.21. The minimum absolute atomic E-state index is 0.110. The van der Waals surface area contributed by atoms with E-state index in [1.807, 2.05) is 30.3 Å². The van der Waals surface area contributed by atoms with Gasteiger partial charge in [0.15, 0.2) is 5.78 Å². The van der Waals surface area contributed by atoms with Crippen molar-refractivity contribution in [2.24, 2.45) is 0 Å². The zero-order valence-electron chi connectivity index (χ0n) is 8.57. The molecule has 0 spiro atoms.